The van der Waals surface area contributed by atoms with Crippen molar-refractivity contribution in [3.05, 3.63) is 17.7 Å². The molecule has 0 saturated heterocycles. The molecule has 4 nitrogen and oxygen atoms in total. The van der Waals surface area contributed by atoms with Crippen molar-refractivity contribution in [3.8, 4) is 17.2 Å². The van der Waals surface area contributed by atoms with Crippen LogP contribution in [0.15, 0.2) is 12.1 Å². The largest absolute Gasteiger partial charge is 0.490 e. The quantitative estimate of drug-likeness (QED) is 0.907. The van der Waals surface area contributed by atoms with E-state index in [1.54, 1.807) is 0 Å². The van der Waals surface area contributed by atoms with Crippen molar-refractivity contribution in [3.63, 3.8) is 0 Å². The number of rotatable bonds is 4. The molecule has 0 amide bonds. The van der Waals surface area contributed by atoms with Crippen LogP contribution in [0.1, 0.15) is 37.7 Å². The summed E-state index contributed by atoms with van der Waals surface area (Å²) in [5, 5.41) is 0. The molecule has 1 fully saturated rings. The summed E-state index contributed by atoms with van der Waals surface area (Å²) in [6, 6.07) is 3.97. The molecule has 3 rings (SSSR count). The molecule has 1 heterocycles. The maximum Gasteiger partial charge on any atom is 0.231 e. The minimum absolute atomic E-state index is 0.296. The molecule has 0 aromatic heterocycles. The number of ether oxygens (including phenoxy) is 3. The van der Waals surface area contributed by atoms with Crippen LogP contribution in [0.3, 0.4) is 0 Å². The number of hydrogen-bond acceptors (Lipinski definition) is 4. The minimum Gasteiger partial charge on any atom is -0.490 e. The van der Waals surface area contributed by atoms with Gasteiger partial charge in [0.2, 0.25) is 6.79 Å². The second-order valence-corrected chi connectivity index (χ2v) is 5.23. The highest BCUT2D eigenvalue weighted by atomic mass is 16.7. The third-order valence-electron chi connectivity index (χ3n) is 3.82. The van der Waals surface area contributed by atoms with E-state index in [-0.39, 0.29) is 0 Å². The van der Waals surface area contributed by atoms with Crippen LogP contribution in [0, 0.1) is 0 Å². The molecule has 1 aromatic rings. The predicted molar refractivity (Wildman–Crippen MR) is 72.8 cm³/mol. The second-order valence-electron chi connectivity index (χ2n) is 5.23. The van der Waals surface area contributed by atoms with Gasteiger partial charge in [0.25, 0.3) is 0 Å². The third-order valence-corrected chi connectivity index (χ3v) is 3.82. The summed E-state index contributed by atoms with van der Waals surface area (Å²) >= 11 is 0. The molecular formula is C15H21NO3. The average Bonchev–Trinajstić information content (AvgIpc) is 2.88. The highest BCUT2D eigenvalue weighted by molar-refractivity contribution is 5.52. The first-order chi connectivity index (χ1) is 9.36. The molecule has 1 aromatic carbocycles. The van der Waals surface area contributed by atoms with E-state index >= 15 is 0 Å². The number of benzene rings is 1. The molecule has 0 radical (unpaired) electrons. The van der Waals surface area contributed by atoms with E-state index in [1.807, 2.05) is 12.1 Å². The van der Waals surface area contributed by atoms with Crippen LogP contribution < -0.4 is 19.9 Å². The summed E-state index contributed by atoms with van der Waals surface area (Å²) < 4.78 is 17.0. The first kappa shape index (κ1) is 12.6. The van der Waals surface area contributed by atoms with Gasteiger partial charge in [-0.05, 0) is 50.3 Å². The fraction of sp³-hybridized carbons (Fsp3) is 0.600. The van der Waals surface area contributed by atoms with Crippen molar-refractivity contribution >= 4 is 0 Å². The van der Waals surface area contributed by atoms with Crippen LogP contribution in [-0.2, 0) is 6.42 Å². The smallest absolute Gasteiger partial charge is 0.231 e. The van der Waals surface area contributed by atoms with E-state index in [0.29, 0.717) is 19.4 Å². The van der Waals surface area contributed by atoms with Crippen LogP contribution in [0.25, 0.3) is 0 Å². The van der Waals surface area contributed by atoms with E-state index < -0.39 is 0 Å². The van der Waals surface area contributed by atoms with Crippen LogP contribution >= 0.6 is 0 Å². The molecule has 4 heteroatoms. The van der Waals surface area contributed by atoms with E-state index in [9.17, 15) is 0 Å². The van der Waals surface area contributed by atoms with Gasteiger partial charge in [-0.1, -0.05) is 6.42 Å². The molecule has 1 aliphatic heterocycles. The van der Waals surface area contributed by atoms with Gasteiger partial charge in [0, 0.05) is 6.07 Å². The lowest BCUT2D eigenvalue weighted by Gasteiger charge is -2.24. The van der Waals surface area contributed by atoms with Gasteiger partial charge in [-0.25, -0.2) is 0 Å². The Morgan fingerprint density at radius 1 is 1.11 bits per heavy atom. The Kier molecular flexibility index (Phi) is 3.78. The van der Waals surface area contributed by atoms with E-state index in [0.717, 1.165) is 42.1 Å². The van der Waals surface area contributed by atoms with Crippen molar-refractivity contribution < 1.29 is 14.2 Å². The van der Waals surface area contributed by atoms with Gasteiger partial charge in [0.15, 0.2) is 11.5 Å². The van der Waals surface area contributed by atoms with Crippen molar-refractivity contribution in [1.82, 2.24) is 0 Å². The van der Waals surface area contributed by atoms with Crippen LogP contribution in [0.4, 0.5) is 0 Å². The summed E-state index contributed by atoms with van der Waals surface area (Å²) in [6.07, 6.45) is 7.30. The Balaban J connectivity index is 1.81. The number of fused-ring (bicyclic) bond motifs is 1. The summed E-state index contributed by atoms with van der Waals surface area (Å²) in [5.41, 5.74) is 6.80. The lowest BCUT2D eigenvalue weighted by molar-refractivity contribution is 0.152. The molecule has 1 aliphatic carbocycles. The van der Waals surface area contributed by atoms with Gasteiger partial charge in [-0.3, -0.25) is 0 Å². The Morgan fingerprint density at radius 3 is 2.58 bits per heavy atom. The SMILES string of the molecule is NCCc1cc2c(cc1OC1CCCCC1)OCO2. The van der Waals surface area contributed by atoms with Gasteiger partial charge in [-0.2, -0.15) is 0 Å². The zero-order chi connectivity index (χ0) is 13.1. The fourth-order valence-electron chi connectivity index (χ4n) is 2.79. The molecule has 1 saturated carbocycles. The van der Waals surface area contributed by atoms with E-state index in [4.69, 9.17) is 19.9 Å². The number of nitrogens with two attached hydrogens (primary N) is 1. The minimum atomic E-state index is 0.296. The lowest BCUT2D eigenvalue weighted by Crippen LogP contribution is -2.20. The molecule has 104 valence electrons. The molecule has 2 N–H and O–H groups in total. The van der Waals surface area contributed by atoms with Crippen LogP contribution in [-0.4, -0.2) is 19.4 Å². The summed E-state index contributed by atoms with van der Waals surface area (Å²) in [4.78, 5) is 0. The Morgan fingerprint density at radius 2 is 1.84 bits per heavy atom. The predicted octanol–water partition coefficient (Wildman–Crippen LogP) is 2.63. The normalized spacial score (nSPS) is 18.6. The molecule has 0 bridgehead atoms. The topological polar surface area (TPSA) is 53.7 Å². The number of hydrogen-bond donors (Lipinski definition) is 1. The van der Waals surface area contributed by atoms with Gasteiger partial charge in [0.05, 0.1) is 6.10 Å². The second kappa shape index (κ2) is 5.70. The van der Waals surface area contributed by atoms with Crippen molar-refractivity contribution in [2.24, 2.45) is 5.73 Å². The maximum absolute atomic E-state index is 6.17. The molecule has 2 aliphatic rings. The van der Waals surface area contributed by atoms with Crippen LogP contribution in [0.2, 0.25) is 0 Å². The standard InChI is InChI=1S/C15H21NO3/c16-7-6-11-8-14-15(18-10-17-14)9-13(11)19-12-4-2-1-3-5-12/h8-9,12H,1-7,10,16H2. The monoisotopic (exact) mass is 263 g/mol. The van der Waals surface area contributed by atoms with Gasteiger partial charge < -0.3 is 19.9 Å². The summed E-state index contributed by atoms with van der Waals surface area (Å²) in [5.74, 6) is 2.51. The Labute approximate surface area is 113 Å². The molecule has 19 heavy (non-hydrogen) atoms. The molecule has 0 atom stereocenters. The zero-order valence-electron chi connectivity index (χ0n) is 11.2. The lowest BCUT2D eigenvalue weighted by atomic mass is 9.97. The van der Waals surface area contributed by atoms with Crippen molar-refractivity contribution in [2.75, 3.05) is 13.3 Å². The Hall–Kier alpha value is -1.42. The Bertz CT molecular complexity index is 441. The highest BCUT2D eigenvalue weighted by Crippen LogP contribution is 2.39. The molecule has 0 unspecified atom stereocenters. The van der Waals surface area contributed by atoms with Gasteiger partial charge in [-0.15, -0.1) is 0 Å². The van der Waals surface area contributed by atoms with E-state index in [1.165, 1.54) is 19.3 Å². The fourth-order valence-corrected chi connectivity index (χ4v) is 2.79. The van der Waals surface area contributed by atoms with Gasteiger partial charge in [0.1, 0.15) is 5.75 Å². The van der Waals surface area contributed by atoms with Crippen LogP contribution in [0.5, 0.6) is 17.2 Å². The zero-order valence-corrected chi connectivity index (χ0v) is 11.2. The third kappa shape index (κ3) is 2.78. The first-order valence-electron chi connectivity index (χ1n) is 7.16. The first-order valence-corrected chi connectivity index (χ1v) is 7.16. The van der Waals surface area contributed by atoms with Crippen molar-refractivity contribution in [2.45, 2.75) is 44.6 Å². The van der Waals surface area contributed by atoms with E-state index in [2.05, 4.69) is 0 Å². The maximum atomic E-state index is 6.17. The summed E-state index contributed by atoms with van der Waals surface area (Å²) in [6.45, 7) is 0.908. The molecular weight excluding hydrogens is 242 g/mol. The van der Waals surface area contributed by atoms with Crippen molar-refractivity contribution in [1.29, 1.82) is 0 Å². The average molecular weight is 263 g/mol. The molecule has 0 spiro atoms. The highest BCUT2D eigenvalue weighted by Gasteiger charge is 2.21. The summed E-state index contributed by atoms with van der Waals surface area (Å²) in [7, 11) is 0. The van der Waals surface area contributed by atoms with Gasteiger partial charge >= 0.3 is 0 Å².